The van der Waals surface area contributed by atoms with E-state index in [0.717, 1.165) is 12.1 Å². The lowest BCUT2D eigenvalue weighted by atomic mass is 10.1. The zero-order chi connectivity index (χ0) is 21.3. The highest BCUT2D eigenvalue weighted by atomic mass is 35.5. The van der Waals surface area contributed by atoms with E-state index >= 15 is 0 Å². The van der Waals surface area contributed by atoms with Crippen molar-refractivity contribution in [3.63, 3.8) is 0 Å². The summed E-state index contributed by atoms with van der Waals surface area (Å²) in [5, 5.41) is 11.7. The van der Waals surface area contributed by atoms with Crippen LogP contribution in [0.1, 0.15) is 15.9 Å². The second-order valence-electron chi connectivity index (χ2n) is 6.33. The fraction of sp³-hybridized carbons (Fsp3) is 0.278. The molecule has 0 aromatic heterocycles. The van der Waals surface area contributed by atoms with Crippen LogP contribution in [0.5, 0.6) is 0 Å². The summed E-state index contributed by atoms with van der Waals surface area (Å²) < 4.78 is 38.6. The van der Waals surface area contributed by atoms with E-state index in [1.54, 1.807) is 23.1 Å². The fourth-order valence-electron chi connectivity index (χ4n) is 3.12. The largest absolute Gasteiger partial charge is 0.416 e. The average Bonchev–Trinajstić information content (AvgIpc) is 2.66. The number of anilines is 1. The summed E-state index contributed by atoms with van der Waals surface area (Å²) in [6, 6.07) is 7.12. The number of carbonyl (C=O) groups is 1. The van der Waals surface area contributed by atoms with Gasteiger partial charge in [-0.25, -0.2) is 0 Å². The molecule has 1 heterocycles. The van der Waals surface area contributed by atoms with Gasteiger partial charge in [-0.2, -0.15) is 13.2 Å². The number of alkyl halides is 3. The van der Waals surface area contributed by atoms with Gasteiger partial charge in [0.1, 0.15) is 5.69 Å². The molecule has 154 valence electrons. The van der Waals surface area contributed by atoms with Crippen LogP contribution >= 0.6 is 23.2 Å². The second-order valence-corrected chi connectivity index (χ2v) is 7.15. The summed E-state index contributed by atoms with van der Waals surface area (Å²) in [6.07, 6.45) is -4.68. The predicted molar refractivity (Wildman–Crippen MR) is 103 cm³/mol. The number of halogens is 5. The lowest BCUT2D eigenvalue weighted by Gasteiger charge is -2.36. The van der Waals surface area contributed by atoms with Crippen molar-refractivity contribution in [2.24, 2.45) is 0 Å². The van der Waals surface area contributed by atoms with Crippen LogP contribution in [0, 0.1) is 10.1 Å². The van der Waals surface area contributed by atoms with Gasteiger partial charge in [0.2, 0.25) is 0 Å². The first-order chi connectivity index (χ1) is 13.6. The summed E-state index contributed by atoms with van der Waals surface area (Å²) in [5.74, 6) is -0.373. The molecule has 0 N–H and O–H groups in total. The number of benzene rings is 2. The average molecular weight is 448 g/mol. The van der Waals surface area contributed by atoms with Crippen LogP contribution in [0.15, 0.2) is 36.4 Å². The fourth-order valence-corrected chi connectivity index (χ4v) is 3.68. The Labute approximate surface area is 173 Å². The van der Waals surface area contributed by atoms with Crippen LogP contribution in [0.3, 0.4) is 0 Å². The van der Waals surface area contributed by atoms with Crippen molar-refractivity contribution in [1.29, 1.82) is 0 Å². The van der Waals surface area contributed by atoms with Gasteiger partial charge >= 0.3 is 6.18 Å². The SMILES string of the molecule is O=C(c1c(Cl)cccc1Cl)N1CCN(c2ccc(C(F)(F)F)cc2[N+](=O)[O-])CC1. The van der Waals surface area contributed by atoms with Crippen molar-refractivity contribution >= 4 is 40.5 Å². The summed E-state index contributed by atoms with van der Waals surface area (Å²) in [4.78, 5) is 26.3. The molecule has 0 atom stereocenters. The van der Waals surface area contributed by atoms with Crippen LogP contribution in [0.2, 0.25) is 10.0 Å². The highest BCUT2D eigenvalue weighted by Crippen LogP contribution is 2.37. The second kappa shape index (κ2) is 8.08. The molecule has 0 saturated carbocycles. The predicted octanol–water partition coefficient (Wildman–Crippen LogP) is 4.88. The van der Waals surface area contributed by atoms with Crippen LogP contribution in [0.25, 0.3) is 0 Å². The number of nitro groups is 1. The summed E-state index contributed by atoms with van der Waals surface area (Å²) in [7, 11) is 0. The standard InChI is InChI=1S/C18H14Cl2F3N3O3/c19-12-2-1-3-13(20)16(12)17(27)25-8-6-24(7-9-25)14-5-4-11(18(21,22)23)10-15(14)26(28)29/h1-5,10H,6-9H2. The maximum atomic E-state index is 12.9. The lowest BCUT2D eigenvalue weighted by Crippen LogP contribution is -2.49. The minimum Gasteiger partial charge on any atom is -0.362 e. The first-order valence-electron chi connectivity index (χ1n) is 8.43. The van der Waals surface area contributed by atoms with Gasteiger partial charge in [0.25, 0.3) is 11.6 Å². The molecule has 2 aromatic carbocycles. The van der Waals surface area contributed by atoms with Crippen molar-refractivity contribution < 1.29 is 22.9 Å². The zero-order valence-electron chi connectivity index (χ0n) is 14.7. The molecule has 0 unspecified atom stereocenters. The van der Waals surface area contributed by atoms with Crippen LogP contribution in [-0.4, -0.2) is 41.9 Å². The smallest absolute Gasteiger partial charge is 0.362 e. The number of nitrogens with zero attached hydrogens (tertiary/aromatic N) is 3. The molecule has 29 heavy (non-hydrogen) atoms. The third-order valence-corrected chi connectivity index (χ3v) is 5.21. The molecule has 1 amide bonds. The van der Waals surface area contributed by atoms with E-state index in [0.29, 0.717) is 6.07 Å². The Balaban J connectivity index is 1.79. The number of amides is 1. The molecular weight excluding hydrogens is 434 g/mol. The van der Waals surface area contributed by atoms with E-state index in [9.17, 15) is 28.1 Å². The molecule has 1 aliphatic heterocycles. The van der Waals surface area contributed by atoms with Crippen LogP contribution in [0.4, 0.5) is 24.5 Å². The van der Waals surface area contributed by atoms with Gasteiger partial charge in [-0.1, -0.05) is 29.3 Å². The van der Waals surface area contributed by atoms with E-state index in [4.69, 9.17) is 23.2 Å². The number of rotatable bonds is 3. The first-order valence-corrected chi connectivity index (χ1v) is 9.19. The Morgan fingerprint density at radius 3 is 2.14 bits per heavy atom. The molecule has 0 aliphatic carbocycles. The Hall–Kier alpha value is -2.52. The quantitative estimate of drug-likeness (QED) is 0.496. The Kier molecular flexibility index (Phi) is 5.90. The van der Waals surface area contributed by atoms with Gasteiger partial charge in [-0.05, 0) is 24.3 Å². The van der Waals surface area contributed by atoms with E-state index in [1.807, 2.05) is 0 Å². The van der Waals surface area contributed by atoms with Gasteiger partial charge in [0.15, 0.2) is 0 Å². The molecule has 11 heteroatoms. The van der Waals surface area contributed by atoms with Crippen LogP contribution < -0.4 is 4.90 Å². The molecule has 0 bridgehead atoms. The highest BCUT2D eigenvalue weighted by molar-refractivity contribution is 6.39. The Morgan fingerprint density at radius 1 is 1.03 bits per heavy atom. The molecule has 2 aromatic rings. The number of piperazine rings is 1. The monoisotopic (exact) mass is 447 g/mol. The molecule has 1 saturated heterocycles. The van der Waals surface area contributed by atoms with E-state index in [2.05, 4.69) is 0 Å². The van der Waals surface area contributed by atoms with Crippen molar-refractivity contribution in [2.75, 3.05) is 31.1 Å². The molecular formula is C18H14Cl2F3N3O3. The summed E-state index contributed by atoms with van der Waals surface area (Å²) in [6.45, 7) is 0.831. The van der Waals surface area contributed by atoms with Gasteiger partial charge < -0.3 is 9.80 Å². The zero-order valence-corrected chi connectivity index (χ0v) is 16.3. The number of hydrogen-bond acceptors (Lipinski definition) is 4. The normalized spacial score (nSPS) is 14.8. The molecule has 0 radical (unpaired) electrons. The van der Waals surface area contributed by atoms with Crippen LogP contribution in [-0.2, 0) is 6.18 Å². The van der Waals surface area contributed by atoms with Crippen molar-refractivity contribution in [1.82, 2.24) is 4.90 Å². The number of hydrogen-bond donors (Lipinski definition) is 0. The number of nitro benzene ring substituents is 1. The van der Waals surface area contributed by atoms with Gasteiger partial charge in [0, 0.05) is 32.2 Å². The molecule has 3 rings (SSSR count). The van der Waals surface area contributed by atoms with Crippen molar-refractivity contribution in [2.45, 2.75) is 6.18 Å². The van der Waals surface area contributed by atoms with Gasteiger partial charge in [0.05, 0.1) is 26.1 Å². The maximum Gasteiger partial charge on any atom is 0.416 e. The van der Waals surface area contributed by atoms with E-state index in [1.165, 1.54) is 4.90 Å². The highest BCUT2D eigenvalue weighted by Gasteiger charge is 2.34. The van der Waals surface area contributed by atoms with Gasteiger partial charge in [-0.15, -0.1) is 0 Å². The van der Waals surface area contributed by atoms with Crippen molar-refractivity contribution in [3.8, 4) is 0 Å². The molecule has 0 spiro atoms. The van der Waals surface area contributed by atoms with E-state index in [-0.39, 0.29) is 53.4 Å². The minimum absolute atomic E-state index is 0.0749. The Bertz CT molecular complexity index is 941. The first kappa shape index (κ1) is 21.2. The Morgan fingerprint density at radius 2 is 1.62 bits per heavy atom. The maximum absolute atomic E-state index is 12.9. The summed E-state index contributed by atoms with van der Waals surface area (Å²) >= 11 is 12.1. The van der Waals surface area contributed by atoms with Crippen molar-refractivity contribution in [3.05, 3.63) is 67.7 Å². The topological polar surface area (TPSA) is 66.7 Å². The molecule has 1 aliphatic rings. The molecule has 6 nitrogen and oxygen atoms in total. The molecule has 1 fully saturated rings. The number of carbonyl (C=O) groups excluding carboxylic acids is 1. The minimum atomic E-state index is -4.68. The third kappa shape index (κ3) is 4.40. The van der Waals surface area contributed by atoms with Gasteiger partial charge in [-0.3, -0.25) is 14.9 Å². The summed E-state index contributed by atoms with van der Waals surface area (Å²) in [5.41, 5.74) is -1.47. The lowest BCUT2D eigenvalue weighted by molar-refractivity contribution is -0.384. The van der Waals surface area contributed by atoms with E-state index < -0.39 is 22.4 Å². The third-order valence-electron chi connectivity index (χ3n) is 4.58.